The molecule has 0 saturated carbocycles. The van der Waals surface area contributed by atoms with E-state index in [9.17, 15) is 19.8 Å². The van der Waals surface area contributed by atoms with Crippen LogP contribution in [0.4, 0.5) is 0 Å². The van der Waals surface area contributed by atoms with Crippen LogP contribution in [-0.4, -0.2) is 51.4 Å². The smallest absolute Gasteiger partial charge is 0.326 e. The van der Waals surface area contributed by atoms with Gasteiger partial charge in [0.15, 0.2) is 0 Å². The van der Waals surface area contributed by atoms with Gasteiger partial charge in [0.2, 0.25) is 5.91 Å². The van der Waals surface area contributed by atoms with Gasteiger partial charge in [0, 0.05) is 17.9 Å². The van der Waals surface area contributed by atoms with Crippen LogP contribution in [0.3, 0.4) is 0 Å². The minimum atomic E-state index is -1.05. The summed E-state index contributed by atoms with van der Waals surface area (Å²) in [5.74, 6) is -1.03. The molecule has 2 rings (SSSR count). The Kier molecular flexibility index (Phi) is 5.25. The molecule has 0 radical (unpaired) electrons. The molecule has 1 amide bonds. The van der Waals surface area contributed by atoms with Crippen molar-refractivity contribution in [2.45, 2.75) is 36.8 Å². The summed E-state index contributed by atoms with van der Waals surface area (Å²) in [6, 6.07) is 6.86. The SMILES string of the molecule is Cc1ccccc1SCC(=O)N1CC[C@H](O)C[C@@H]1C(=O)O. The summed E-state index contributed by atoms with van der Waals surface area (Å²) >= 11 is 1.42. The Morgan fingerprint density at radius 3 is 2.76 bits per heavy atom. The largest absolute Gasteiger partial charge is 0.480 e. The van der Waals surface area contributed by atoms with Crippen LogP contribution in [0.5, 0.6) is 0 Å². The molecule has 1 aliphatic rings. The highest BCUT2D eigenvalue weighted by atomic mass is 32.2. The van der Waals surface area contributed by atoms with Crippen molar-refractivity contribution in [1.29, 1.82) is 0 Å². The summed E-state index contributed by atoms with van der Waals surface area (Å²) in [6.07, 6.45) is -0.0973. The van der Waals surface area contributed by atoms with E-state index in [0.29, 0.717) is 13.0 Å². The first-order chi connectivity index (χ1) is 9.99. The lowest BCUT2D eigenvalue weighted by molar-refractivity contribution is -0.153. The predicted octanol–water partition coefficient (Wildman–Crippen LogP) is 1.52. The van der Waals surface area contributed by atoms with Crippen molar-refractivity contribution in [2.75, 3.05) is 12.3 Å². The van der Waals surface area contributed by atoms with Crippen LogP contribution in [0.2, 0.25) is 0 Å². The molecule has 0 unspecified atom stereocenters. The quantitative estimate of drug-likeness (QED) is 0.825. The number of aliphatic hydroxyl groups excluding tert-OH is 1. The number of carboxylic acid groups (broad SMARTS) is 1. The minimum absolute atomic E-state index is 0.107. The molecule has 0 aliphatic carbocycles. The number of benzene rings is 1. The zero-order valence-corrected chi connectivity index (χ0v) is 12.7. The molecule has 0 aromatic heterocycles. The number of aryl methyl sites for hydroxylation is 1. The Morgan fingerprint density at radius 1 is 1.38 bits per heavy atom. The standard InChI is InChI=1S/C15H19NO4S/c1-10-4-2-3-5-13(10)21-9-14(18)16-7-6-11(17)8-12(16)15(19)20/h2-5,11-12,17H,6-9H2,1H3,(H,19,20)/t11-,12+/m0/s1. The number of hydrogen-bond acceptors (Lipinski definition) is 4. The number of thioether (sulfide) groups is 1. The van der Waals surface area contributed by atoms with Gasteiger partial charge < -0.3 is 15.1 Å². The fourth-order valence-corrected chi connectivity index (χ4v) is 3.34. The Hall–Kier alpha value is -1.53. The van der Waals surface area contributed by atoms with Crippen LogP contribution < -0.4 is 0 Å². The van der Waals surface area contributed by atoms with Crippen molar-refractivity contribution in [3.63, 3.8) is 0 Å². The lowest BCUT2D eigenvalue weighted by Gasteiger charge is -2.35. The predicted molar refractivity (Wildman–Crippen MR) is 80.3 cm³/mol. The third kappa shape index (κ3) is 3.98. The number of carbonyl (C=O) groups excluding carboxylic acids is 1. The molecule has 2 atom stereocenters. The minimum Gasteiger partial charge on any atom is -0.480 e. The van der Waals surface area contributed by atoms with E-state index in [1.807, 2.05) is 31.2 Å². The molecule has 5 nitrogen and oxygen atoms in total. The van der Waals surface area contributed by atoms with Gasteiger partial charge in [0.1, 0.15) is 6.04 Å². The highest BCUT2D eigenvalue weighted by Gasteiger charge is 2.35. The monoisotopic (exact) mass is 309 g/mol. The number of piperidine rings is 1. The van der Waals surface area contributed by atoms with Crippen LogP contribution in [-0.2, 0) is 9.59 Å². The fraction of sp³-hybridized carbons (Fsp3) is 0.467. The van der Waals surface area contributed by atoms with Crippen molar-refractivity contribution in [1.82, 2.24) is 4.90 Å². The molecule has 1 heterocycles. The lowest BCUT2D eigenvalue weighted by Crippen LogP contribution is -2.51. The number of aliphatic carboxylic acids is 1. The third-order valence-corrected chi connectivity index (χ3v) is 4.79. The molecule has 6 heteroatoms. The molecule has 1 aromatic rings. The molecule has 1 fully saturated rings. The summed E-state index contributed by atoms with van der Waals surface area (Å²) in [5.41, 5.74) is 1.10. The Labute approximate surface area is 128 Å². The first-order valence-corrected chi connectivity index (χ1v) is 7.86. The van der Waals surface area contributed by atoms with E-state index < -0.39 is 18.1 Å². The third-order valence-electron chi connectivity index (χ3n) is 3.62. The summed E-state index contributed by atoms with van der Waals surface area (Å²) < 4.78 is 0. The summed E-state index contributed by atoms with van der Waals surface area (Å²) in [7, 11) is 0. The van der Waals surface area contributed by atoms with Crippen molar-refractivity contribution < 1.29 is 19.8 Å². The van der Waals surface area contributed by atoms with Crippen LogP contribution in [0.15, 0.2) is 29.2 Å². The first kappa shape index (κ1) is 15.9. The first-order valence-electron chi connectivity index (χ1n) is 6.88. The van der Waals surface area contributed by atoms with Gasteiger partial charge in [-0.1, -0.05) is 18.2 Å². The molecule has 21 heavy (non-hydrogen) atoms. The molecule has 0 spiro atoms. The summed E-state index contributed by atoms with van der Waals surface area (Å²) in [4.78, 5) is 25.9. The Bertz CT molecular complexity index is 534. The number of nitrogens with zero attached hydrogens (tertiary/aromatic N) is 1. The maximum atomic E-state index is 12.3. The Balaban J connectivity index is 1.99. The second-order valence-corrected chi connectivity index (χ2v) is 6.19. The lowest BCUT2D eigenvalue weighted by atomic mass is 9.99. The average molecular weight is 309 g/mol. The van der Waals surface area contributed by atoms with Gasteiger partial charge >= 0.3 is 5.97 Å². The van der Waals surface area contributed by atoms with E-state index in [0.717, 1.165) is 10.5 Å². The van der Waals surface area contributed by atoms with E-state index in [2.05, 4.69) is 0 Å². The van der Waals surface area contributed by atoms with Crippen LogP contribution in [0.1, 0.15) is 18.4 Å². The van der Waals surface area contributed by atoms with Crippen molar-refractivity contribution in [2.24, 2.45) is 0 Å². The van der Waals surface area contributed by atoms with Crippen LogP contribution in [0, 0.1) is 6.92 Å². The van der Waals surface area contributed by atoms with Crippen LogP contribution in [0.25, 0.3) is 0 Å². The fourth-order valence-electron chi connectivity index (χ4n) is 2.42. The van der Waals surface area contributed by atoms with E-state index in [-0.39, 0.29) is 18.1 Å². The average Bonchev–Trinajstić information content (AvgIpc) is 2.46. The molecule has 114 valence electrons. The van der Waals surface area contributed by atoms with Gasteiger partial charge in [-0.05, 0) is 25.0 Å². The molecule has 0 bridgehead atoms. The van der Waals surface area contributed by atoms with E-state index in [4.69, 9.17) is 0 Å². The second-order valence-electron chi connectivity index (χ2n) is 5.17. The molecular weight excluding hydrogens is 290 g/mol. The summed E-state index contributed by atoms with van der Waals surface area (Å²) in [5, 5.41) is 18.8. The number of aliphatic hydroxyl groups is 1. The topological polar surface area (TPSA) is 77.8 Å². The van der Waals surface area contributed by atoms with Gasteiger partial charge in [0.05, 0.1) is 11.9 Å². The second kappa shape index (κ2) is 6.95. The number of carboxylic acids is 1. The normalized spacial score (nSPS) is 22.1. The van der Waals surface area contributed by atoms with E-state index in [1.54, 1.807) is 0 Å². The molecular formula is C15H19NO4S. The zero-order chi connectivity index (χ0) is 15.4. The number of carbonyl (C=O) groups is 2. The van der Waals surface area contributed by atoms with Gasteiger partial charge in [-0.3, -0.25) is 4.79 Å². The van der Waals surface area contributed by atoms with E-state index >= 15 is 0 Å². The van der Waals surface area contributed by atoms with Gasteiger partial charge in [-0.15, -0.1) is 11.8 Å². The van der Waals surface area contributed by atoms with Crippen molar-refractivity contribution in [3.05, 3.63) is 29.8 Å². The maximum absolute atomic E-state index is 12.3. The Morgan fingerprint density at radius 2 is 2.10 bits per heavy atom. The highest BCUT2D eigenvalue weighted by Crippen LogP contribution is 2.24. The van der Waals surface area contributed by atoms with Crippen molar-refractivity contribution in [3.8, 4) is 0 Å². The maximum Gasteiger partial charge on any atom is 0.326 e. The molecule has 1 aromatic carbocycles. The number of rotatable bonds is 4. The van der Waals surface area contributed by atoms with E-state index in [1.165, 1.54) is 16.7 Å². The number of amides is 1. The van der Waals surface area contributed by atoms with Gasteiger partial charge in [-0.25, -0.2) is 4.79 Å². The number of likely N-dealkylation sites (tertiary alicyclic amines) is 1. The number of hydrogen-bond donors (Lipinski definition) is 2. The summed E-state index contributed by atoms with van der Waals surface area (Å²) in [6.45, 7) is 2.27. The highest BCUT2D eigenvalue weighted by molar-refractivity contribution is 8.00. The molecule has 1 saturated heterocycles. The van der Waals surface area contributed by atoms with Crippen molar-refractivity contribution >= 4 is 23.6 Å². The van der Waals surface area contributed by atoms with Crippen LogP contribution >= 0.6 is 11.8 Å². The molecule has 1 aliphatic heterocycles. The zero-order valence-electron chi connectivity index (χ0n) is 11.9. The molecule has 2 N–H and O–H groups in total. The van der Waals surface area contributed by atoms with Gasteiger partial charge in [0.25, 0.3) is 0 Å². The van der Waals surface area contributed by atoms with Gasteiger partial charge in [-0.2, -0.15) is 0 Å².